The molecule has 2 aliphatic rings. The first-order valence-electron chi connectivity index (χ1n) is 4.37. The van der Waals surface area contributed by atoms with Gasteiger partial charge in [0.15, 0.2) is 0 Å². The van der Waals surface area contributed by atoms with Gasteiger partial charge in [0.1, 0.15) is 9.98 Å². The summed E-state index contributed by atoms with van der Waals surface area (Å²) in [7, 11) is 0. The number of rotatable bonds is 2. The minimum atomic E-state index is 0.608. The lowest BCUT2D eigenvalue weighted by Gasteiger charge is -2.08. The Bertz CT molecular complexity index is 195. The van der Waals surface area contributed by atoms with E-state index in [1.54, 1.807) is 0 Å². The van der Waals surface area contributed by atoms with Gasteiger partial charge in [0.05, 0.1) is 0 Å². The molecule has 2 rings (SSSR count). The maximum Gasteiger partial charge on any atom is 0.134 e. The Morgan fingerprint density at radius 3 is 1.42 bits per heavy atom. The van der Waals surface area contributed by atoms with Gasteiger partial charge in [-0.15, -0.1) is 0 Å². The van der Waals surface area contributed by atoms with Crippen molar-refractivity contribution in [3.8, 4) is 0 Å². The first kappa shape index (κ1) is 8.38. The van der Waals surface area contributed by atoms with Crippen molar-refractivity contribution in [2.75, 3.05) is 0 Å². The van der Waals surface area contributed by atoms with Crippen LogP contribution in [0.2, 0.25) is 0 Å². The SMILES string of the molecule is S=C(NC1CC1)C(=S)NC1CC1. The highest BCUT2D eigenvalue weighted by Gasteiger charge is 2.26. The maximum atomic E-state index is 5.12. The van der Waals surface area contributed by atoms with E-state index in [0.717, 1.165) is 9.98 Å². The van der Waals surface area contributed by atoms with E-state index < -0.39 is 0 Å². The van der Waals surface area contributed by atoms with E-state index in [4.69, 9.17) is 24.4 Å². The third-order valence-electron chi connectivity index (χ3n) is 2.03. The highest BCUT2D eigenvalue weighted by molar-refractivity contribution is 7.89. The van der Waals surface area contributed by atoms with Crippen LogP contribution in [0.4, 0.5) is 0 Å². The summed E-state index contributed by atoms with van der Waals surface area (Å²) in [5, 5.41) is 6.43. The van der Waals surface area contributed by atoms with Crippen LogP contribution in [0.5, 0.6) is 0 Å². The van der Waals surface area contributed by atoms with Crippen molar-refractivity contribution in [3.05, 3.63) is 0 Å². The molecule has 12 heavy (non-hydrogen) atoms. The van der Waals surface area contributed by atoms with Crippen LogP contribution in [0, 0.1) is 0 Å². The summed E-state index contributed by atoms with van der Waals surface area (Å²) in [5.74, 6) is 0. The van der Waals surface area contributed by atoms with Gasteiger partial charge < -0.3 is 10.6 Å². The van der Waals surface area contributed by atoms with E-state index in [-0.39, 0.29) is 0 Å². The molecular weight excluding hydrogens is 188 g/mol. The lowest BCUT2D eigenvalue weighted by molar-refractivity contribution is 0.902. The van der Waals surface area contributed by atoms with Gasteiger partial charge in [-0.2, -0.15) is 0 Å². The smallest absolute Gasteiger partial charge is 0.134 e. The van der Waals surface area contributed by atoms with Gasteiger partial charge in [-0.05, 0) is 25.7 Å². The minimum Gasteiger partial charge on any atom is -0.371 e. The molecule has 0 unspecified atom stereocenters. The molecule has 0 spiro atoms. The zero-order valence-electron chi connectivity index (χ0n) is 6.80. The van der Waals surface area contributed by atoms with Crippen molar-refractivity contribution in [1.82, 2.24) is 10.6 Å². The van der Waals surface area contributed by atoms with Crippen LogP contribution >= 0.6 is 24.4 Å². The Hall–Kier alpha value is -0.220. The Labute approximate surface area is 83.1 Å². The molecule has 4 heteroatoms. The van der Waals surface area contributed by atoms with Crippen molar-refractivity contribution in [2.24, 2.45) is 0 Å². The first-order valence-corrected chi connectivity index (χ1v) is 5.19. The van der Waals surface area contributed by atoms with Crippen molar-refractivity contribution in [1.29, 1.82) is 0 Å². The molecule has 0 atom stereocenters. The van der Waals surface area contributed by atoms with E-state index >= 15 is 0 Å². The molecule has 2 fully saturated rings. The van der Waals surface area contributed by atoms with Gasteiger partial charge in [-0.1, -0.05) is 24.4 Å². The molecule has 0 bridgehead atoms. The summed E-state index contributed by atoms with van der Waals surface area (Å²) in [5.41, 5.74) is 0. The average molecular weight is 200 g/mol. The van der Waals surface area contributed by atoms with Crippen LogP contribution in [0.25, 0.3) is 0 Å². The van der Waals surface area contributed by atoms with E-state index in [9.17, 15) is 0 Å². The van der Waals surface area contributed by atoms with Crippen molar-refractivity contribution < 1.29 is 0 Å². The summed E-state index contributed by atoms with van der Waals surface area (Å²) in [6.45, 7) is 0. The van der Waals surface area contributed by atoms with Crippen LogP contribution in [0.1, 0.15) is 25.7 Å². The van der Waals surface area contributed by atoms with E-state index in [0.29, 0.717) is 12.1 Å². The van der Waals surface area contributed by atoms with Crippen molar-refractivity contribution in [2.45, 2.75) is 37.8 Å². The van der Waals surface area contributed by atoms with Gasteiger partial charge in [0.25, 0.3) is 0 Å². The molecule has 2 saturated carbocycles. The van der Waals surface area contributed by atoms with E-state index in [2.05, 4.69) is 10.6 Å². The molecular formula is C8H12N2S2. The van der Waals surface area contributed by atoms with Crippen LogP contribution in [0.15, 0.2) is 0 Å². The molecule has 0 aromatic rings. The number of hydrogen-bond donors (Lipinski definition) is 2. The lowest BCUT2D eigenvalue weighted by Crippen LogP contribution is -2.39. The molecule has 0 amide bonds. The Balaban J connectivity index is 1.72. The highest BCUT2D eigenvalue weighted by Crippen LogP contribution is 2.20. The summed E-state index contributed by atoms with van der Waals surface area (Å²) in [4.78, 5) is 1.47. The number of hydrogen-bond acceptors (Lipinski definition) is 2. The predicted octanol–water partition coefficient (Wildman–Crippen LogP) is 1.15. The zero-order chi connectivity index (χ0) is 8.55. The van der Waals surface area contributed by atoms with Crippen molar-refractivity contribution >= 4 is 34.4 Å². The molecule has 0 radical (unpaired) electrons. The summed E-state index contributed by atoms with van der Waals surface area (Å²) in [6.07, 6.45) is 4.97. The molecule has 2 aliphatic carbocycles. The van der Waals surface area contributed by atoms with Gasteiger partial charge in [-0.25, -0.2) is 0 Å². The van der Waals surface area contributed by atoms with Crippen LogP contribution in [-0.4, -0.2) is 22.1 Å². The fraction of sp³-hybridized carbons (Fsp3) is 0.750. The summed E-state index contributed by atoms with van der Waals surface area (Å²) < 4.78 is 0. The molecule has 0 aromatic heterocycles. The van der Waals surface area contributed by atoms with Gasteiger partial charge in [0.2, 0.25) is 0 Å². The quantitative estimate of drug-likeness (QED) is 0.653. The van der Waals surface area contributed by atoms with Gasteiger partial charge in [-0.3, -0.25) is 0 Å². The third kappa shape index (κ3) is 2.38. The fourth-order valence-electron chi connectivity index (χ4n) is 0.957. The van der Waals surface area contributed by atoms with Gasteiger partial charge >= 0.3 is 0 Å². The minimum absolute atomic E-state index is 0.608. The summed E-state index contributed by atoms with van der Waals surface area (Å²) >= 11 is 10.2. The number of thiocarbonyl (C=S) groups is 2. The first-order chi connectivity index (χ1) is 5.75. The molecule has 2 N–H and O–H groups in total. The molecule has 0 aromatic carbocycles. The molecule has 66 valence electrons. The van der Waals surface area contributed by atoms with Crippen LogP contribution in [-0.2, 0) is 0 Å². The zero-order valence-corrected chi connectivity index (χ0v) is 8.43. The highest BCUT2D eigenvalue weighted by atomic mass is 32.1. The van der Waals surface area contributed by atoms with Crippen LogP contribution in [0.3, 0.4) is 0 Å². The average Bonchev–Trinajstić information content (AvgIpc) is 2.79. The molecule has 2 nitrogen and oxygen atoms in total. The van der Waals surface area contributed by atoms with Gasteiger partial charge in [0, 0.05) is 12.1 Å². The van der Waals surface area contributed by atoms with Crippen molar-refractivity contribution in [3.63, 3.8) is 0 Å². The second-order valence-corrected chi connectivity index (χ2v) is 4.31. The second kappa shape index (κ2) is 3.26. The normalized spacial score (nSPS) is 21.7. The maximum absolute atomic E-state index is 5.12. The lowest BCUT2D eigenvalue weighted by atomic mass is 10.5. The van der Waals surface area contributed by atoms with E-state index in [1.165, 1.54) is 25.7 Å². The standard InChI is InChI=1S/C8H12N2S2/c11-7(9-5-1-2-5)8(12)10-6-3-4-6/h5-6H,1-4H2,(H,9,11)(H,10,12). The summed E-state index contributed by atoms with van der Waals surface area (Å²) in [6, 6.07) is 1.22. The molecule has 0 heterocycles. The Kier molecular flexibility index (Phi) is 2.28. The predicted molar refractivity (Wildman–Crippen MR) is 57.5 cm³/mol. The third-order valence-corrected chi connectivity index (χ3v) is 2.80. The van der Waals surface area contributed by atoms with E-state index in [1.807, 2.05) is 0 Å². The monoisotopic (exact) mass is 200 g/mol. The molecule has 0 saturated heterocycles. The molecule has 0 aliphatic heterocycles. The second-order valence-electron chi connectivity index (χ2n) is 3.50. The van der Waals surface area contributed by atoms with Crippen LogP contribution < -0.4 is 10.6 Å². The fourth-order valence-corrected chi connectivity index (χ4v) is 1.41. The largest absolute Gasteiger partial charge is 0.371 e. The topological polar surface area (TPSA) is 24.1 Å². The Morgan fingerprint density at radius 1 is 0.833 bits per heavy atom. The Morgan fingerprint density at radius 2 is 1.17 bits per heavy atom. The number of nitrogens with one attached hydrogen (secondary N) is 2.